The molecule has 0 radical (unpaired) electrons. The second kappa shape index (κ2) is 3.94. The zero-order valence-electron chi connectivity index (χ0n) is 8.90. The molecule has 0 aromatic heterocycles. The first-order valence-corrected chi connectivity index (χ1v) is 5.00. The van der Waals surface area contributed by atoms with E-state index in [9.17, 15) is 9.90 Å². The number of aliphatic hydroxyl groups is 1. The van der Waals surface area contributed by atoms with Gasteiger partial charge in [0.05, 0.1) is 0 Å². The second-order valence-corrected chi connectivity index (χ2v) is 3.70. The number of ketones is 1. The van der Waals surface area contributed by atoms with Crippen LogP contribution in [-0.4, -0.2) is 22.6 Å². The zero-order valence-corrected chi connectivity index (χ0v) is 8.90. The number of hydrogen-bond donors (Lipinski definition) is 2. The maximum atomic E-state index is 11.5. The van der Waals surface area contributed by atoms with Crippen LogP contribution in [0, 0.1) is 6.92 Å². The fourth-order valence-corrected chi connectivity index (χ4v) is 1.88. The van der Waals surface area contributed by atoms with Gasteiger partial charge in [-0.15, -0.1) is 0 Å². The van der Waals surface area contributed by atoms with Gasteiger partial charge >= 0.3 is 0 Å². The number of phenols is 1. The van der Waals surface area contributed by atoms with Gasteiger partial charge < -0.3 is 10.2 Å². The monoisotopic (exact) mass is 216 g/mol. The van der Waals surface area contributed by atoms with Crippen LogP contribution in [0.5, 0.6) is 5.75 Å². The molecule has 2 N–H and O–H groups in total. The Kier molecular flexibility index (Phi) is 2.62. The Hall–Kier alpha value is -1.87. The quantitative estimate of drug-likeness (QED) is 0.755. The highest BCUT2D eigenvalue weighted by Gasteiger charge is 2.13. The molecule has 2 aromatic carbocycles. The summed E-state index contributed by atoms with van der Waals surface area (Å²) in [7, 11) is 0. The Bertz CT molecular complexity index is 558. The van der Waals surface area contributed by atoms with Crippen molar-refractivity contribution in [3.8, 4) is 5.75 Å². The van der Waals surface area contributed by atoms with E-state index in [4.69, 9.17) is 5.11 Å². The van der Waals surface area contributed by atoms with Crippen molar-refractivity contribution < 1.29 is 15.0 Å². The maximum Gasteiger partial charge on any atom is 0.188 e. The molecule has 0 amide bonds. The summed E-state index contributed by atoms with van der Waals surface area (Å²) in [5.74, 6) is -0.309. The molecule has 0 unspecified atom stereocenters. The number of benzene rings is 2. The number of carbonyl (C=O) groups is 1. The van der Waals surface area contributed by atoms with E-state index < -0.39 is 6.61 Å². The number of phenolic OH excluding ortho intramolecular Hbond substituents is 1. The van der Waals surface area contributed by atoms with Crippen LogP contribution >= 0.6 is 0 Å². The van der Waals surface area contributed by atoms with Crippen LogP contribution in [0.4, 0.5) is 0 Å². The van der Waals surface area contributed by atoms with Crippen molar-refractivity contribution in [3.63, 3.8) is 0 Å². The van der Waals surface area contributed by atoms with E-state index in [0.717, 1.165) is 16.3 Å². The Morgan fingerprint density at radius 3 is 2.50 bits per heavy atom. The first-order valence-electron chi connectivity index (χ1n) is 5.00. The Morgan fingerprint density at radius 2 is 1.88 bits per heavy atom. The standard InChI is InChI=1S/C13H12O3/c1-8-9-4-2-3-5-10(9)12(15)6-11(8)13(16)7-14/h2-6,14-15H,7H2,1H3. The van der Waals surface area contributed by atoms with Gasteiger partial charge in [-0.25, -0.2) is 0 Å². The third kappa shape index (κ3) is 1.55. The molecule has 0 fully saturated rings. The van der Waals surface area contributed by atoms with Crippen LogP contribution in [0.25, 0.3) is 10.8 Å². The molecule has 0 saturated carbocycles. The van der Waals surface area contributed by atoms with Crippen LogP contribution < -0.4 is 0 Å². The van der Waals surface area contributed by atoms with E-state index in [2.05, 4.69) is 0 Å². The second-order valence-electron chi connectivity index (χ2n) is 3.70. The predicted molar refractivity (Wildman–Crippen MR) is 61.8 cm³/mol. The Morgan fingerprint density at radius 1 is 1.25 bits per heavy atom. The number of fused-ring (bicyclic) bond motifs is 1. The lowest BCUT2D eigenvalue weighted by Crippen LogP contribution is -2.06. The van der Waals surface area contributed by atoms with Gasteiger partial charge in [0.2, 0.25) is 0 Å². The van der Waals surface area contributed by atoms with E-state index >= 15 is 0 Å². The van der Waals surface area contributed by atoms with E-state index in [1.165, 1.54) is 6.07 Å². The van der Waals surface area contributed by atoms with Gasteiger partial charge in [0.1, 0.15) is 12.4 Å². The molecule has 2 rings (SSSR count). The largest absolute Gasteiger partial charge is 0.507 e. The smallest absolute Gasteiger partial charge is 0.188 e. The van der Waals surface area contributed by atoms with E-state index in [1.807, 2.05) is 25.1 Å². The number of rotatable bonds is 2. The van der Waals surface area contributed by atoms with Gasteiger partial charge in [0, 0.05) is 10.9 Å². The third-order valence-corrected chi connectivity index (χ3v) is 2.74. The first-order chi connectivity index (χ1) is 7.65. The van der Waals surface area contributed by atoms with Crippen LogP contribution in [-0.2, 0) is 0 Å². The van der Waals surface area contributed by atoms with Gasteiger partial charge in [0.15, 0.2) is 5.78 Å². The molecule has 3 heteroatoms. The molecule has 0 atom stereocenters. The molecule has 0 aliphatic heterocycles. The number of carbonyl (C=O) groups excluding carboxylic acids is 1. The molecule has 0 heterocycles. The summed E-state index contributed by atoms with van der Waals surface area (Å²) in [5.41, 5.74) is 1.16. The van der Waals surface area contributed by atoms with Gasteiger partial charge in [-0.05, 0) is 23.9 Å². The summed E-state index contributed by atoms with van der Waals surface area (Å²) in [5, 5.41) is 20.2. The summed E-state index contributed by atoms with van der Waals surface area (Å²) in [6, 6.07) is 8.73. The summed E-state index contributed by atoms with van der Waals surface area (Å²) < 4.78 is 0. The molecule has 16 heavy (non-hydrogen) atoms. The molecule has 0 bridgehead atoms. The predicted octanol–water partition coefficient (Wildman–Crippen LogP) is 2.03. The van der Waals surface area contributed by atoms with Crippen LogP contribution in [0.3, 0.4) is 0 Å². The number of aromatic hydroxyl groups is 1. The summed E-state index contributed by atoms with van der Waals surface area (Å²) in [4.78, 5) is 11.5. The fourth-order valence-electron chi connectivity index (χ4n) is 1.88. The van der Waals surface area contributed by atoms with E-state index in [1.54, 1.807) is 6.07 Å². The van der Waals surface area contributed by atoms with Crippen molar-refractivity contribution in [3.05, 3.63) is 41.5 Å². The van der Waals surface area contributed by atoms with E-state index in [-0.39, 0.29) is 11.5 Å². The minimum absolute atomic E-state index is 0.0676. The van der Waals surface area contributed by atoms with Crippen molar-refractivity contribution in [2.24, 2.45) is 0 Å². The molecule has 0 saturated heterocycles. The first kappa shape index (κ1) is 10.6. The molecule has 2 aromatic rings. The van der Waals surface area contributed by atoms with Crippen LogP contribution in [0.1, 0.15) is 15.9 Å². The normalized spacial score (nSPS) is 10.6. The lowest BCUT2D eigenvalue weighted by molar-refractivity contribution is 0.0903. The number of hydrogen-bond acceptors (Lipinski definition) is 3. The van der Waals surface area contributed by atoms with Crippen molar-refractivity contribution >= 4 is 16.6 Å². The van der Waals surface area contributed by atoms with Gasteiger partial charge in [-0.1, -0.05) is 24.3 Å². The summed E-state index contributed by atoms with van der Waals surface area (Å²) >= 11 is 0. The Labute approximate surface area is 93.0 Å². The molecule has 0 spiro atoms. The van der Waals surface area contributed by atoms with Crippen LogP contribution in [0.15, 0.2) is 30.3 Å². The molecule has 82 valence electrons. The molecule has 3 nitrogen and oxygen atoms in total. The SMILES string of the molecule is Cc1c(C(=O)CO)cc(O)c2ccccc12. The van der Waals surface area contributed by atoms with Gasteiger partial charge in [-0.3, -0.25) is 4.79 Å². The molecule has 0 aliphatic rings. The zero-order chi connectivity index (χ0) is 11.7. The summed E-state index contributed by atoms with van der Waals surface area (Å²) in [6.45, 7) is 1.27. The number of Topliss-reactive ketones (excluding diaryl/α,β-unsaturated/α-hetero) is 1. The molecule has 0 aliphatic carbocycles. The number of aliphatic hydroxyl groups excluding tert-OH is 1. The lowest BCUT2D eigenvalue weighted by atomic mass is 9.97. The third-order valence-electron chi connectivity index (χ3n) is 2.74. The van der Waals surface area contributed by atoms with E-state index in [0.29, 0.717) is 5.56 Å². The average molecular weight is 216 g/mol. The van der Waals surface area contributed by atoms with Crippen molar-refractivity contribution in [1.82, 2.24) is 0 Å². The highest BCUT2D eigenvalue weighted by Crippen LogP contribution is 2.30. The molecular formula is C13H12O3. The van der Waals surface area contributed by atoms with Crippen molar-refractivity contribution in [2.75, 3.05) is 6.61 Å². The number of aryl methyl sites for hydroxylation is 1. The van der Waals surface area contributed by atoms with Crippen molar-refractivity contribution in [2.45, 2.75) is 6.92 Å². The molecular weight excluding hydrogens is 204 g/mol. The van der Waals surface area contributed by atoms with Crippen molar-refractivity contribution in [1.29, 1.82) is 0 Å². The minimum atomic E-state index is -0.543. The average Bonchev–Trinajstić information content (AvgIpc) is 2.33. The Balaban J connectivity index is 2.80. The van der Waals surface area contributed by atoms with Gasteiger partial charge in [-0.2, -0.15) is 0 Å². The minimum Gasteiger partial charge on any atom is -0.507 e. The summed E-state index contributed by atoms with van der Waals surface area (Å²) in [6.07, 6.45) is 0. The van der Waals surface area contributed by atoms with Gasteiger partial charge in [0.25, 0.3) is 0 Å². The maximum absolute atomic E-state index is 11.5. The fraction of sp³-hybridized carbons (Fsp3) is 0.154. The highest BCUT2D eigenvalue weighted by molar-refractivity contribution is 6.04. The lowest BCUT2D eigenvalue weighted by Gasteiger charge is -2.09. The topological polar surface area (TPSA) is 57.5 Å². The van der Waals surface area contributed by atoms with Crippen LogP contribution in [0.2, 0.25) is 0 Å². The highest BCUT2D eigenvalue weighted by atomic mass is 16.3.